The van der Waals surface area contributed by atoms with Gasteiger partial charge in [-0.15, -0.1) is 0 Å². The second-order valence-corrected chi connectivity index (χ2v) is 6.84. The smallest absolute Gasteiger partial charge is 0.383 e. The third-order valence-electron chi connectivity index (χ3n) is 4.02. The zero-order valence-electron chi connectivity index (χ0n) is 15.0. The van der Waals surface area contributed by atoms with Crippen LogP contribution in [0, 0.1) is 18.6 Å². The monoisotopic (exact) mass is 420 g/mol. The van der Waals surface area contributed by atoms with E-state index in [0.29, 0.717) is 30.8 Å². The second kappa shape index (κ2) is 9.27. The number of alkyl halides is 4. The molecule has 0 aliphatic carbocycles. The molecule has 9 heteroatoms. The van der Waals surface area contributed by atoms with Gasteiger partial charge < -0.3 is 10.0 Å². The van der Waals surface area contributed by atoms with Gasteiger partial charge >= 0.3 is 6.18 Å². The molecule has 1 atom stereocenters. The lowest BCUT2D eigenvalue weighted by molar-refractivity contribution is -0.139. The highest BCUT2D eigenvalue weighted by Crippen LogP contribution is 2.36. The largest absolute Gasteiger partial charge is 0.419 e. The van der Waals surface area contributed by atoms with Gasteiger partial charge in [0.05, 0.1) is 18.8 Å². The van der Waals surface area contributed by atoms with E-state index in [1.54, 1.807) is 31.3 Å². The Balaban J connectivity index is 0.00000136. The van der Waals surface area contributed by atoms with Crippen molar-refractivity contribution < 1.29 is 26.3 Å². The van der Waals surface area contributed by atoms with Crippen LogP contribution in [0.4, 0.5) is 32.0 Å². The molecule has 3 rings (SSSR count). The lowest BCUT2D eigenvalue weighted by atomic mass is 10.0. The van der Waals surface area contributed by atoms with Crippen molar-refractivity contribution in [1.82, 2.24) is 5.32 Å². The Kier molecular flexibility index (Phi) is 7.29. The van der Waals surface area contributed by atoms with Crippen LogP contribution in [0.15, 0.2) is 47.5 Å². The maximum atomic E-state index is 14.2. The maximum Gasteiger partial charge on any atom is 0.419 e. The molecule has 0 saturated carbocycles. The maximum absolute atomic E-state index is 14.2. The Morgan fingerprint density at radius 3 is 2.46 bits per heavy atom. The van der Waals surface area contributed by atoms with Crippen molar-refractivity contribution in [3.63, 3.8) is 0 Å². The van der Waals surface area contributed by atoms with Gasteiger partial charge in [-0.2, -0.15) is 13.2 Å². The molecule has 2 nitrogen and oxygen atoms in total. The number of benzene rings is 2. The Morgan fingerprint density at radius 1 is 1.11 bits per heavy atom. The second-order valence-electron chi connectivity index (χ2n) is 5.91. The van der Waals surface area contributed by atoms with Gasteiger partial charge in [0, 0.05) is 28.8 Å². The first-order valence-corrected chi connectivity index (χ1v) is 8.95. The highest BCUT2D eigenvalue weighted by Gasteiger charge is 2.34. The molecule has 0 fully saturated rings. The minimum absolute atomic E-state index is 0.214. The molecule has 1 heterocycles. The quantitative estimate of drug-likeness (QED) is 0.435. The van der Waals surface area contributed by atoms with Gasteiger partial charge in [-0.3, -0.25) is 4.39 Å². The van der Waals surface area contributed by atoms with Gasteiger partial charge in [-0.1, -0.05) is 18.2 Å². The fourth-order valence-corrected chi connectivity index (χ4v) is 3.41. The fraction of sp³-hybridized carbons (Fsp3) is 0.263. The van der Waals surface area contributed by atoms with Gasteiger partial charge in [0.1, 0.15) is 11.6 Å². The normalized spacial score (nSPS) is 16.0. The van der Waals surface area contributed by atoms with E-state index < -0.39 is 17.6 Å². The summed E-state index contributed by atoms with van der Waals surface area (Å²) < 4.78 is 77.8. The number of aryl methyl sites for hydroxylation is 1. The lowest BCUT2D eigenvalue weighted by Gasteiger charge is -2.14. The lowest BCUT2D eigenvalue weighted by Crippen LogP contribution is -2.12. The predicted octanol–water partition coefficient (Wildman–Crippen LogP) is 6.51. The molecule has 28 heavy (non-hydrogen) atoms. The molecule has 2 aromatic rings. The number of hydrogen-bond donors (Lipinski definition) is 2. The zero-order chi connectivity index (χ0) is 20.9. The molecule has 0 radical (unpaired) electrons. The summed E-state index contributed by atoms with van der Waals surface area (Å²) in [5.41, 5.74) is 0.0255. The average Bonchev–Trinajstić information content (AvgIpc) is 3.12. The van der Waals surface area contributed by atoms with Crippen molar-refractivity contribution in [2.45, 2.75) is 25.6 Å². The first-order chi connectivity index (χ1) is 13.3. The number of anilines is 1. The highest BCUT2D eigenvalue weighted by atomic mass is 32.2. The van der Waals surface area contributed by atoms with E-state index in [2.05, 4.69) is 10.0 Å². The highest BCUT2D eigenvalue weighted by molar-refractivity contribution is 8.04. The van der Waals surface area contributed by atoms with Crippen molar-refractivity contribution in [3.05, 3.63) is 75.8 Å². The zero-order valence-corrected chi connectivity index (χ0v) is 15.8. The number of nitrogens with one attached hydrogen (secondary N) is 2. The summed E-state index contributed by atoms with van der Waals surface area (Å²) in [6.07, 6.45) is -2.50. The summed E-state index contributed by atoms with van der Waals surface area (Å²) in [7, 11) is 0.500. The number of rotatable bonds is 4. The molecule has 2 N–H and O–H groups in total. The number of halogens is 6. The predicted molar refractivity (Wildman–Crippen MR) is 99.4 cm³/mol. The van der Waals surface area contributed by atoms with E-state index >= 15 is 0 Å². The molecule has 152 valence electrons. The minimum Gasteiger partial charge on any atom is -0.383 e. The van der Waals surface area contributed by atoms with Gasteiger partial charge in [0.15, 0.2) is 0 Å². The van der Waals surface area contributed by atoms with Gasteiger partial charge in [0.25, 0.3) is 0 Å². The minimum atomic E-state index is -4.72. The third-order valence-corrected chi connectivity index (χ3v) is 4.91. The molecular weight excluding hydrogens is 402 g/mol. The summed E-state index contributed by atoms with van der Waals surface area (Å²) in [5, 5.41) is 3.08. The van der Waals surface area contributed by atoms with Crippen LogP contribution >= 0.6 is 11.9 Å². The van der Waals surface area contributed by atoms with Crippen LogP contribution in [-0.2, 0) is 6.18 Å². The van der Waals surface area contributed by atoms with E-state index in [9.17, 15) is 26.3 Å². The summed E-state index contributed by atoms with van der Waals surface area (Å²) in [4.78, 5) is 0.830. The molecule has 0 saturated heterocycles. The van der Waals surface area contributed by atoms with Crippen LogP contribution in [0.25, 0.3) is 0 Å². The first kappa shape index (κ1) is 22.0. The molecule has 1 aliphatic heterocycles. The van der Waals surface area contributed by atoms with Crippen LogP contribution in [0.2, 0.25) is 0 Å². The van der Waals surface area contributed by atoms with Crippen LogP contribution in [0.5, 0.6) is 0 Å². The van der Waals surface area contributed by atoms with Crippen LogP contribution in [0.1, 0.15) is 29.2 Å². The average molecular weight is 420 g/mol. The first-order valence-electron chi connectivity index (χ1n) is 8.13. The Bertz CT molecular complexity index is 851. The van der Waals surface area contributed by atoms with Gasteiger partial charge in [-0.25, -0.2) is 8.78 Å². The van der Waals surface area contributed by atoms with E-state index in [0.717, 1.165) is 22.9 Å². The van der Waals surface area contributed by atoms with E-state index in [-0.39, 0.29) is 17.5 Å². The summed E-state index contributed by atoms with van der Waals surface area (Å²) >= 11 is 1.15. The van der Waals surface area contributed by atoms with Crippen LogP contribution in [0.3, 0.4) is 0 Å². The van der Waals surface area contributed by atoms with E-state index in [1.165, 1.54) is 6.07 Å². The van der Waals surface area contributed by atoms with E-state index in [1.807, 2.05) is 0 Å². The molecule has 2 aromatic carbocycles. The van der Waals surface area contributed by atoms with Gasteiger partial charge in [0.2, 0.25) is 0 Å². The SMILES string of the molecule is CF.Cc1cccc(C2CC(SNc3ccc(C(F)(F)F)c(F)c3)=CN2)c1F. The summed E-state index contributed by atoms with van der Waals surface area (Å²) in [5.74, 6) is -1.59. The molecule has 0 spiro atoms. The van der Waals surface area contributed by atoms with E-state index in [4.69, 9.17) is 0 Å². The number of hydrogen-bond acceptors (Lipinski definition) is 3. The summed E-state index contributed by atoms with van der Waals surface area (Å²) in [6.45, 7) is 1.69. The fourth-order valence-electron chi connectivity index (χ4n) is 2.66. The Morgan fingerprint density at radius 2 is 1.82 bits per heavy atom. The van der Waals surface area contributed by atoms with Crippen LogP contribution in [-0.4, -0.2) is 7.18 Å². The molecule has 0 amide bonds. The Labute approximate surface area is 163 Å². The molecule has 0 aromatic heterocycles. The topological polar surface area (TPSA) is 24.1 Å². The van der Waals surface area contributed by atoms with Crippen molar-refractivity contribution in [3.8, 4) is 0 Å². The Hall–Kier alpha value is -2.29. The summed E-state index contributed by atoms with van der Waals surface area (Å²) in [6, 6.07) is 7.63. The molecule has 0 bridgehead atoms. The van der Waals surface area contributed by atoms with Crippen LogP contribution < -0.4 is 10.0 Å². The van der Waals surface area contributed by atoms with Gasteiger partial charge in [-0.05, 0) is 42.6 Å². The van der Waals surface area contributed by atoms with Crippen molar-refractivity contribution in [2.75, 3.05) is 11.9 Å². The van der Waals surface area contributed by atoms with Crippen molar-refractivity contribution in [1.29, 1.82) is 0 Å². The molecular formula is C19H18F6N2S. The molecule has 1 aliphatic rings. The standard InChI is InChI=1S/C18H15F5N2S.CH3F/c1-10-3-2-4-13(17(10)20)16-8-12(9-24-16)26-25-11-5-6-14(15(19)7-11)18(21,22)23;1-2/h2-7,9,16,24-25H,8H2,1H3;1H3. The third kappa shape index (κ3) is 5.15. The van der Waals surface area contributed by atoms with Crippen molar-refractivity contribution in [2.24, 2.45) is 0 Å². The molecule has 1 unspecified atom stereocenters. The van der Waals surface area contributed by atoms with Crippen molar-refractivity contribution >= 4 is 17.6 Å².